The van der Waals surface area contributed by atoms with Gasteiger partial charge < -0.3 is 14.2 Å². The number of anilines is 1. The van der Waals surface area contributed by atoms with Gasteiger partial charge in [-0.25, -0.2) is 9.97 Å². The van der Waals surface area contributed by atoms with E-state index in [1.54, 1.807) is 25.1 Å². The molecule has 7 nitrogen and oxygen atoms in total. The molecule has 0 atom stereocenters. The second-order valence-corrected chi connectivity index (χ2v) is 9.59. The topological polar surface area (TPSA) is 79.5 Å². The Balaban J connectivity index is 1.43. The van der Waals surface area contributed by atoms with Gasteiger partial charge in [-0.1, -0.05) is 50.2 Å². The van der Waals surface area contributed by atoms with Crippen molar-refractivity contribution < 1.29 is 9.21 Å². The first-order valence-corrected chi connectivity index (χ1v) is 12.3. The first-order valence-electron chi connectivity index (χ1n) is 12.3. The lowest BCUT2D eigenvalue weighted by atomic mass is 10.0. The summed E-state index contributed by atoms with van der Waals surface area (Å²) >= 11 is 0. The Morgan fingerprint density at radius 3 is 2.36 bits per heavy atom. The van der Waals surface area contributed by atoms with E-state index in [-0.39, 0.29) is 17.3 Å². The maximum atomic E-state index is 13.6. The van der Waals surface area contributed by atoms with Gasteiger partial charge in [0.25, 0.3) is 5.91 Å². The fourth-order valence-corrected chi connectivity index (χ4v) is 4.65. The molecule has 0 bridgehead atoms. The number of piperazine rings is 1. The Bertz CT molecular complexity index is 1490. The lowest BCUT2D eigenvalue weighted by molar-refractivity contribution is 0.0747. The summed E-state index contributed by atoms with van der Waals surface area (Å²) in [5.74, 6) is 2.35. The molecule has 1 fully saturated rings. The predicted octanol–water partition coefficient (Wildman–Crippen LogP) is 4.95. The zero-order valence-electron chi connectivity index (χ0n) is 21.1. The number of nitrogens with zero attached hydrogens (tertiary/aromatic N) is 4. The lowest BCUT2D eigenvalue weighted by Crippen LogP contribution is -2.49. The molecule has 184 valence electrons. The van der Waals surface area contributed by atoms with E-state index < -0.39 is 0 Å². The van der Waals surface area contributed by atoms with Crippen LogP contribution in [0.5, 0.6) is 0 Å². The summed E-state index contributed by atoms with van der Waals surface area (Å²) in [5.41, 5.74) is 2.92. The van der Waals surface area contributed by atoms with Crippen LogP contribution in [0.25, 0.3) is 22.3 Å². The predicted molar refractivity (Wildman–Crippen MR) is 142 cm³/mol. The highest BCUT2D eigenvalue weighted by Gasteiger charge is 2.26. The van der Waals surface area contributed by atoms with E-state index in [9.17, 15) is 9.59 Å². The van der Waals surface area contributed by atoms with Crippen LogP contribution in [0.4, 0.5) is 5.82 Å². The molecule has 7 heteroatoms. The molecule has 0 radical (unpaired) electrons. The van der Waals surface area contributed by atoms with Crippen molar-refractivity contribution in [2.45, 2.75) is 33.6 Å². The maximum Gasteiger partial charge on any atom is 0.257 e. The maximum absolute atomic E-state index is 13.6. The van der Waals surface area contributed by atoms with Crippen LogP contribution in [0.15, 0.2) is 63.8 Å². The largest absolute Gasteiger partial charge is 0.455 e. The van der Waals surface area contributed by atoms with Crippen LogP contribution in [0, 0.1) is 13.8 Å². The van der Waals surface area contributed by atoms with Crippen molar-refractivity contribution in [3.63, 3.8) is 0 Å². The van der Waals surface area contributed by atoms with E-state index in [2.05, 4.69) is 23.7 Å². The third kappa shape index (κ3) is 4.37. The van der Waals surface area contributed by atoms with Crippen molar-refractivity contribution in [3.8, 4) is 11.3 Å². The highest BCUT2D eigenvalue weighted by Crippen LogP contribution is 2.28. The molecule has 0 unspecified atom stereocenters. The molecule has 2 aromatic heterocycles. The molecule has 1 amide bonds. The van der Waals surface area contributed by atoms with Crippen molar-refractivity contribution >= 4 is 22.7 Å². The molecular weight excluding hydrogens is 452 g/mol. The molecule has 4 aromatic rings. The van der Waals surface area contributed by atoms with Crippen LogP contribution in [0.1, 0.15) is 47.2 Å². The molecule has 1 aliphatic rings. The third-order valence-electron chi connectivity index (χ3n) is 6.68. The van der Waals surface area contributed by atoms with Gasteiger partial charge in [0.1, 0.15) is 17.4 Å². The highest BCUT2D eigenvalue weighted by molar-refractivity contribution is 6.05. The van der Waals surface area contributed by atoms with Gasteiger partial charge in [0.05, 0.1) is 10.9 Å². The zero-order valence-corrected chi connectivity index (χ0v) is 21.1. The molecular formula is C29H30N4O3. The number of carbonyl (C=O) groups excluding carboxylic acids is 1. The number of fused-ring (bicyclic) bond motifs is 1. The molecule has 1 saturated heterocycles. The fourth-order valence-electron chi connectivity index (χ4n) is 4.65. The second-order valence-electron chi connectivity index (χ2n) is 9.59. The van der Waals surface area contributed by atoms with Crippen LogP contribution in [0.3, 0.4) is 0 Å². The number of benzene rings is 2. The van der Waals surface area contributed by atoms with Gasteiger partial charge >= 0.3 is 0 Å². The van der Waals surface area contributed by atoms with Crippen molar-refractivity contribution in [1.29, 1.82) is 0 Å². The zero-order chi connectivity index (χ0) is 25.4. The number of carbonyl (C=O) groups is 1. The van der Waals surface area contributed by atoms with Crippen LogP contribution in [-0.2, 0) is 0 Å². The fraction of sp³-hybridized carbons (Fsp3) is 0.310. The van der Waals surface area contributed by atoms with E-state index in [0.717, 1.165) is 22.9 Å². The van der Waals surface area contributed by atoms with Crippen molar-refractivity contribution in [1.82, 2.24) is 14.9 Å². The minimum Gasteiger partial charge on any atom is -0.455 e. The summed E-state index contributed by atoms with van der Waals surface area (Å²) < 4.78 is 6.27. The second kappa shape index (κ2) is 9.57. The summed E-state index contributed by atoms with van der Waals surface area (Å²) in [6.45, 7) is 10.4. The molecule has 36 heavy (non-hydrogen) atoms. The molecule has 0 N–H and O–H groups in total. The summed E-state index contributed by atoms with van der Waals surface area (Å²) in [4.78, 5) is 40.1. The molecule has 5 rings (SSSR count). The average Bonchev–Trinajstić information content (AvgIpc) is 2.90. The first kappa shape index (κ1) is 23.7. The number of aromatic nitrogens is 2. The van der Waals surface area contributed by atoms with Crippen LogP contribution >= 0.6 is 0 Å². The quantitative estimate of drug-likeness (QED) is 0.409. The van der Waals surface area contributed by atoms with E-state index >= 15 is 0 Å². The Kier molecular flexibility index (Phi) is 6.31. The smallest absolute Gasteiger partial charge is 0.257 e. The van der Waals surface area contributed by atoms with Crippen molar-refractivity contribution in [3.05, 3.63) is 87.5 Å². The Hall–Kier alpha value is -4.00. The number of hydrogen-bond acceptors (Lipinski definition) is 6. The Morgan fingerprint density at radius 2 is 1.67 bits per heavy atom. The van der Waals surface area contributed by atoms with Gasteiger partial charge in [0, 0.05) is 55.0 Å². The molecule has 1 aliphatic heterocycles. The summed E-state index contributed by atoms with van der Waals surface area (Å²) in [5, 5.41) is 0.425. The number of aryl methyl sites for hydroxylation is 1. The summed E-state index contributed by atoms with van der Waals surface area (Å²) in [7, 11) is 0. The molecule has 0 aliphatic carbocycles. The van der Waals surface area contributed by atoms with Crippen LogP contribution < -0.4 is 10.3 Å². The molecule has 2 aromatic carbocycles. The van der Waals surface area contributed by atoms with Gasteiger partial charge in [0.15, 0.2) is 11.0 Å². The summed E-state index contributed by atoms with van der Waals surface area (Å²) in [6, 6.07) is 16.7. The number of rotatable bonds is 4. The van der Waals surface area contributed by atoms with Gasteiger partial charge in [-0.3, -0.25) is 9.59 Å². The monoisotopic (exact) mass is 482 g/mol. The molecule has 0 saturated carbocycles. The first-order chi connectivity index (χ1) is 17.3. The van der Waals surface area contributed by atoms with E-state index in [4.69, 9.17) is 9.40 Å². The van der Waals surface area contributed by atoms with E-state index in [0.29, 0.717) is 54.0 Å². The number of hydrogen-bond donors (Lipinski definition) is 0. The minimum absolute atomic E-state index is 0.116. The van der Waals surface area contributed by atoms with Crippen molar-refractivity contribution in [2.75, 3.05) is 31.1 Å². The van der Waals surface area contributed by atoms with Crippen LogP contribution in [0.2, 0.25) is 0 Å². The Morgan fingerprint density at radius 1 is 0.944 bits per heavy atom. The Labute approximate surface area is 210 Å². The molecule has 0 spiro atoms. The van der Waals surface area contributed by atoms with E-state index in [1.165, 1.54) is 0 Å². The van der Waals surface area contributed by atoms with Gasteiger partial charge in [-0.2, -0.15) is 0 Å². The lowest BCUT2D eigenvalue weighted by Gasteiger charge is -2.35. The van der Waals surface area contributed by atoms with Gasteiger partial charge in [-0.15, -0.1) is 0 Å². The van der Waals surface area contributed by atoms with Crippen molar-refractivity contribution in [2.24, 2.45) is 0 Å². The van der Waals surface area contributed by atoms with Gasteiger partial charge in [0.2, 0.25) is 0 Å². The third-order valence-corrected chi connectivity index (χ3v) is 6.68. The number of amides is 1. The van der Waals surface area contributed by atoms with Crippen LogP contribution in [-0.4, -0.2) is 47.0 Å². The number of para-hydroxylation sites is 1. The summed E-state index contributed by atoms with van der Waals surface area (Å²) in [6.07, 6.45) is 0. The average molecular weight is 483 g/mol. The highest BCUT2D eigenvalue weighted by atomic mass is 16.3. The minimum atomic E-state index is -0.131. The molecule has 3 heterocycles. The SMILES string of the molecule is Cc1cc(N2CCN(C(=O)c3cccc4c(=O)c(C)c(-c5ccccc5)oc34)CC2)nc(C(C)C)n1. The standard InChI is InChI=1S/C29H30N4O3/c1-18(2)28-30-19(3)17-24(31-28)32-13-15-33(16-14-32)29(35)23-12-8-11-22-25(34)20(4)26(36-27(22)23)21-9-6-5-7-10-21/h5-12,17-18H,13-16H2,1-4H3. The van der Waals surface area contributed by atoms with Gasteiger partial charge in [-0.05, 0) is 26.0 Å². The van der Waals surface area contributed by atoms with E-state index in [1.807, 2.05) is 48.2 Å². The normalized spacial score (nSPS) is 14.0.